The van der Waals surface area contributed by atoms with Crippen LogP contribution in [0.1, 0.15) is 57.9 Å². The van der Waals surface area contributed by atoms with Crippen molar-refractivity contribution in [3.05, 3.63) is 113 Å². The Morgan fingerprint density at radius 2 is 1.59 bits per heavy atom. The van der Waals surface area contributed by atoms with Gasteiger partial charge < -0.3 is 20.1 Å². The highest BCUT2D eigenvalue weighted by Crippen LogP contribution is 2.52. The van der Waals surface area contributed by atoms with E-state index in [4.69, 9.17) is 4.65 Å². The van der Waals surface area contributed by atoms with Crippen LogP contribution in [0.5, 0.6) is 5.75 Å². The number of phenolic OH excluding ortho intramolecular Hbond substituents is 1. The lowest BCUT2D eigenvalue weighted by Gasteiger charge is -2.43. The summed E-state index contributed by atoms with van der Waals surface area (Å²) in [6, 6.07) is 28.9. The van der Waals surface area contributed by atoms with E-state index in [1.807, 2.05) is 84.9 Å². The van der Waals surface area contributed by atoms with E-state index in [1.54, 1.807) is 6.07 Å². The number of fused-ring (bicyclic) bond motifs is 4. The van der Waals surface area contributed by atoms with Crippen molar-refractivity contribution in [1.82, 2.24) is 0 Å². The van der Waals surface area contributed by atoms with Gasteiger partial charge in [0.05, 0.1) is 23.6 Å². The van der Waals surface area contributed by atoms with Crippen LogP contribution in [0.15, 0.2) is 108 Å². The van der Waals surface area contributed by atoms with Crippen molar-refractivity contribution >= 4 is 52.8 Å². The quantitative estimate of drug-likeness (QED) is 0.0900. The van der Waals surface area contributed by atoms with E-state index in [0.29, 0.717) is 24.8 Å². The zero-order chi connectivity index (χ0) is 34.1. The Morgan fingerprint density at radius 3 is 2.33 bits per heavy atom. The van der Waals surface area contributed by atoms with Gasteiger partial charge in [0.25, 0.3) is 0 Å². The fourth-order valence-corrected chi connectivity index (χ4v) is 8.30. The van der Waals surface area contributed by atoms with Gasteiger partial charge in [0, 0.05) is 16.8 Å². The SMILES string of the molecule is CCC/C(=C\c1ccc(O)c2ccccc12)CC[C@H]1OB(O)C[C@H]2C1=C(CC)C[C@H]1C(=O)N(c3ccc(Nc4ccccc4)cc3)C(=O)[C@H]12. The number of carbonyl (C=O) groups is 2. The number of hydrogen-bond donors (Lipinski definition) is 3. The summed E-state index contributed by atoms with van der Waals surface area (Å²) in [6.07, 6.45) is 6.85. The molecule has 250 valence electrons. The molecule has 7 nitrogen and oxygen atoms in total. The average Bonchev–Trinajstić information content (AvgIpc) is 3.37. The third-order valence-electron chi connectivity index (χ3n) is 10.5. The smallest absolute Gasteiger partial charge is 0.455 e. The number of rotatable bonds is 10. The largest absolute Gasteiger partial charge is 0.507 e. The monoisotopic (exact) mass is 654 g/mol. The molecule has 3 N–H and O–H groups in total. The van der Waals surface area contributed by atoms with Gasteiger partial charge in [-0.3, -0.25) is 14.5 Å². The number of phenols is 1. The summed E-state index contributed by atoms with van der Waals surface area (Å²) in [5, 5.41) is 26.6. The van der Waals surface area contributed by atoms with Gasteiger partial charge in [0.2, 0.25) is 11.8 Å². The molecule has 2 amide bonds. The van der Waals surface area contributed by atoms with E-state index >= 15 is 0 Å². The molecule has 2 fully saturated rings. The first kappa shape index (κ1) is 32.9. The normalized spacial score (nSPS) is 22.5. The highest BCUT2D eigenvalue weighted by atomic mass is 16.5. The number of imide groups is 1. The predicted molar refractivity (Wildman–Crippen MR) is 196 cm³/mol. The van der Waals surface area contributed by atoms with Crippen molar-refractivity contribution in [1.29, 1.82) is 0 Å². The first-order valence-electron chi connectivity index (χ1n) is 17.6. The van der Waals surface area contributed by atoms with Crippen LogP contribution in [0.2, 0.25) is 6.32 Å². The summed E-state index contributed by atoms with van der Waals surface area (Å²) in [5.41, 5.74) is 7.03. The van der Waals surface area contributed by atoms with Crippen LogP contribution in [0.3, 0.4) is 0 Å². The molecule has 4 atom stereocenters. The van der Waals surface area contributed by atoms with Gasteiger partial charge in [0.15, 0.2) is 0 Å². The second-order valence-electron chi connectivity index (χ2n) is 13.5. The Labute approximate surface area is 288 Å². The fourth-order valence-electron chi connectivity index (χ4n) is 8.30. The number of allylic oxidation sites excluding steroid dienone is 2. The molecular formula is C41H43BN2O5. The molecule has 0 saturated carbocycles. The summed E-state index contributed by atoms with van der Waals surface area (Å²) in [6.45, 7) is 4.28. The Hall–Kier alpha value is -4.66. The molecule has 0 aromatic heterocycles. The molecule has 49 heavy (non-hydrogen) atoms. The van der Waals surface area contributed by atoms with Crippen molar-refractivity contribution in [3.8, 4) is 5.75 Å². The van der Waals surface area contributed by atoms with Crippen LogP contribution in [-0.2, 0) is 14.2 Å². The first-order chi connectivity index (χ1) is 23.9. The van der Waals surface area contributed by atoms with Gasteiger partial charge in [0.1, 0.15) is 5.75 Å². The van der Waals surface area contributed by atoms with E-state index in [0.717, 1.165) is 59.0 Å². The van der Waals surface area contributed by atoms with Gasteiger partial charge in [-0.2, -0.15) is 0 Å². The van der Waals surface area contributed by atoms with E-state index in [1.165, 1.54) is 16.0 Å². The molecule has 8 heteroatoms. The highest BCUT2D eigenvalue weighted by molar-refractivity contribution is 6.43. The molecular weight excluding hydrogens is 611 g/mol. The van der Waals surface area contributed by atoms with E-state index in [2.05, 4.69) is 25.2 Å². The summed E-state index contributed by atoms with van der Waals surface area (Å²) in [5.74, 6) is -1.28. The van der Waals surface area contributed by atoms with Crippen molar-refractivity contribution in [3.63, 3.8) is 0 Å². The maximum atomic E-state index is 14.2. The number of anilines is 3. The van der Waals surface area contributed by atoms with Crippen molar-refractivity contribution in [2.24, 2.45) is 17.8 Å². The highest BCUT2D eigenvalue weighted by Gasteiger charge is 2.57. The molecule has 0 radical (unpaired) electrons. The van der Waals surface area contributed by atoms with Gasteiger partial charge >= 0.3 is 7.12 Å². The fraction of sp³-hybridized carbons (Fsp3) is 0.317. The van der Waals surface area contributed by atoms with Crippen LogP contribution >= 0.6 is 0 Å². The lowest BCUT2D eigenvalue weighted by molar-refractivity contribution is -0.122. The minimum Gasteiger partial charge on any atom is -0.507 e. The van der Waals surface area contributed by atoms with Gasteiger partial charge in [-0.15, -0.1) is 0 Å². The minimum absolute atomic E-state index is 0.157. The van der Waals surface area contributed by atoms with Crippen LogP contribution in [-0.4, -0.2) is 35.2 Å². The van der Waals surface area contributed by atoms with Crippen molar-refractivity contribution in [2.45, 2.75) is 64.8 Å². The second kappa shape index (κ2) is 14.1. The van der Waals surface area contributed by atoms with E-state index < -0.39 is 19.0 Å². The Bertz CT molecular complexity index is 1920. The number of hydrogen-bond acceptors (Lipinski definition) is 6. The molecule has 1 aliphatic carbocycles. The Kier molecular flexibility index (Phi) is 9.43. The molecule has 0 bridgehead atoms. The third-order valence-corrected chi connectivity index (χ3v) is 10.5. The molecule has 0 unspecified atom stereocenters. The zero-order valence-corrected chi connectivity index (χ0v) is 28.1. The number of nitrogens with one attached hydrogen (secondary N) is 1. The number of benzene rings is 4. The lowest BCUT2D eigenvalue weighted by atomic mass is 9.58. The van der Waals surface area contributed by atoms with E-state index in [9.17, 15) is 19.7 Å². The van der Waals surface area contributed by atoms with Crippen molar-refractivity contribution in [2.75, 3.05) is 10.2 Å². The summed E-state index contributed by atoms with van der Waals surface area (Å²) in [7, 11) is -1.00. The van der Waals surface area contributed by atoms with Gasteiger partial charge in [-0.1, -0.05) is 86.0 Å². The Balaban J connectivity index is 1.13. The summed E-state index contributed by atoms with van der Waals surface area (Å²) < 4.78 is 6.26. The number of para-hydroxylation sites is 1. The van der Waals surface area contributed by atoms with Crippen LogP contribution < -0.4 is 10.2 Å². The summed E-state index contributed by atoms with van der Waals surface area (Å²) in [4.78, 5) is 29.5. The third kappa shape index (κ3) is 6.43. The molecule has 2 aliphatic heterocycles. The number of nitrogens with zero attached hydrogens (tertiary/aromatic N) is 1. The maximum Gasteiger partial charge on any atom is 0.455 e. The molecule has 2 heterocycles. The number of amides is 2. The second-order valence-corrected chi connectivity index (χ2v) is 13.5. The predicted octanol–water partition coefficient (Wildman–Crippen LogP) is 8.66. The van der Waals surface area contributed by atoms with E-state index in [-0.39, 0.29) is 29.6 Å². The molecule has 7 rings (SSSR count). The van der Waals surface area contributed by atoms with Gasteiger partial charge in [-0.25, -0.2) is 0 Å². The lowest BCUT2D eigenvalue weighted by Crippen LogP contribution is -2.46. The average molecular weight is 655 g/mol. The van der Waals surface area contributed by atoms with Crippen molar-refractivity contribution < 1.29 is 24.4 Å². The molecule has 0 spiro atoms. The minimum atomic E-state index is -1.00. The Morgan fingerprint density at radius 1 is 0.878 bits per heavy atom. The number of carbonyl (C=O) groups excluding carboxylic acids is 2. The zero-order valence-electron chi connectivity index (χ0n) is 28.1. The van der Waals surface area contributed by atoms with Gasteiger partial charge in [-0.05, 0) is 103 Å². The maximum absolute atomic E-state index is 14.2. The topological polar surface area (TPSA) is 99.1 Å². The molecule has 2 saturated heterocycles. The molecule has 4 aromatic carbocycles. The summed E-state index contributed by atoms with van der Waals surface area (Å²) >= 11 is 0. The standard InChI is InChI=1S/C41H43BN2O5/c1-3-10-26(23-28-16-21-36(45)33-14-9-8-13-32(28)33)15-22-37-38-27(4-2)24-34-39(35(38)25-42(48)49-37)41(47)44(40(34)46)31-19-17-30(18-20-31)43-29-11-6-5-7-12-29/h5-9,11-14,16-21,23,34-35,37,39,43,45,48H,3-4,10,15,22,24-25H2,1-2H3/b26-23+/t34-,35+,37-,39-/m1/s1. The van der Waals surface area contributed by atoms with Crippen LogP contribution in [0, 0.1) is 17.8 Å². The van der Waals surface area contributed by atoms with Crippen LogP contribution in [0.25, 0.3) is 16.8 Å². The number of aromatic hydroxyl groups is 1. The molecule has 3 aliphatic rings. The first-order valence-corrected chi connectivity index (χ1v) is 17.6. The van der Waals surface area contributed by atoms with Crippen LogP contribution in [0.4, 0.5) is 17.1 Å². The molecule has 4 aromatic rings.